The maximum absolute atomic E-state index is 13.7. The van der Waals surface area contributed by atoms with E-state index in [4.69, 9.17) is 9.84 Å². The molecule has 30 heavy (non-hydrogen) atoms. The lowest BCUT2D eigenvalue weighted by atomic mass is 9.69. The number of fused-ring (bicyclic) bond motifs is 1. The summed E-state index contributed by atoms with van der Waals surface area (Å²) in [4.78, 5) is 37.8. The minimum absolute atomic E-state index is 0.0643. The fraction of sp³-hybridized carbons (Fsp3) is 0.591. The summed E-state index contributed by atoms with van der Waals surface area (Å²) >= 11 is 0. The Morgan fingerprint density at radius 3 is 2.63 bits per heavy atom. The third-order valence-corrected chi connectivity index (χ3v) is 6.31. The number of nitrogens with zero attached hydrogens (tertiary/aromatic N) is 2. The van der Waals surface area contributed by atoms with E-state index >= 15 is 0 Å². The zero-order chi connectivity index (χ0) is 22.0. The Hall–Kier alpha value is -2.77. The van der Waals surface area contributed by atoms with E-state index in [0.29, 0.717) is 28.6 Å². The molecule has 3 unspecified atom stereocenters. The normalized spacial score (nSPS) is 21.7. The molecule has 0 spiro atoms. The van der Waals surface area contributed by atoms with Gasteiger partial charge in [0.2, 0.25) is 5.91 Å². The number of benzene rings is 1. The minimum atomic E-state index is -1.16. The molecular formula is C22H31N3O5. The third-order valence-electron chi connectivity index (χ3n) is 6.31. The molecule has 1 aromatic heterocycles. The first-order valence-corrected chi connectivity index (χ1v) is 10.5. The Labute approximate surface area is 175 Å². The first-order chi connectivity index (χ1) is 14.2. The van der Waals surface area contributed by atoms with Gasteiger partial charge in [0, 0.05) is 25.1 Å². The molecule has 3 atom stereocenters. The van der Waals surface area contributed by atoms with Crippen LogP contribution in [0.4, 0.5) is 4.79 Å². The number of ether oxygens (including phenoxy) is 1. The molecule has 0 saturated heterocycles. The number of methoxy groups -OCH3 is 1. The average Bonchev–Trinajstić information content (AvgIpc) is 2.97. The Bertz CT molecular complexity index is 991. The van der Waals surface area contributed by atoms with Crippen LogP contribution in [-0.2, 0) is 6.54 Å². The zero-order valence-electron chi connectivity index (χ0n) is 18.1. The number of carboxylic acid groups (broad SMARTS) is 1. The van der Waals surface area contributed by atoms with Crippen molar-refractivity contribution in [2.45, 2.75) is 46.6 Å². The monoisotopic (exact) mass is 417 g/mol. The molecule has 8 nitrogen and oxygen atoms in total. The van der Waals surface area contributed by atoms with E-state index in [0.717, 1.165) is 19.3 Å². The van der Waals surface area contributed by atoms with Gasteiger partial charge in [0.05, 0.1) is 18.1 Å². The molecule has 1 saturated carbocycles. The fourth-order valence-electron chi connectivity index (χ4n) is 4.72. The highest BCUT2D eigenvalue weighted by Gasteiger charge is 2.37. The minimum Gasteiger partial charge on any atom is -0.497 e. The van der Waals surface area contributed by atoms with Gasteiger partial charge in [-0.25, -0.2) is 14.2 Å². The van der Waals surface area contributed by atoms with Gasteiger partial charge >= 0.3 is 11.8 Å². The summed E-state index contributed by atoms with van der Waals surface area (Å²) in [5.74, 6) is 1.24. The molecule has 1 aliphatic rings. The number of nitrogens with one attached hydrogen (secondary N) is 1. The van der Waals surface area contributed by atoms with E-state index in [1.165, 1.54) is 16.2 Å². The quantitative estimate of drug-likeness (QED) is 0.750. The summed E-state index contributed by atoms with van der Waals surface area (Å²) in [5, 5.41) is 11.1. The SMILES string of the molecule is COc1ccc2c(c1)n(CCNC(=O)O)c(=O)n2C(=O)C1CC(C)CCC1C(C)C. The maximum atomic E-state index is 13.7. The van der Waals surface area contributed by atoms with Crippen molar-refractivity contribution in [2.75, 3.05) is 13.7 Å². The number of rotatable bonds is 6. The van der Waals surface area contributed by atoms with Gasteiger partial charge in [-0.3, -0.25) is 9.36 Å². The van der Waals surface area contributed by atoms with E-state index in [2.05, 4.69) is 26.1 Å². The number of hydrogen-bond donors (Lipinski definition) is 2. The van der Waals surface area contributed by atoms with E-state index in [-0.39, 0.29) is 30.8 Å². The van der Waals surface area contributed by atoms with Crippen LogP contribution in [-0.4, -0.2) is 39.9 Å². The Morgan fingerprint density at radius 2 is 2.00 bits per heavy atom. The first kappa shape index (κ1) is 21.9. The van der Waals surface area contributed by atoms with Crippen LogP contribution in [0, 0.1) is 23.7 Å². The van der Waals surface area contributed by atoms with E-state index in [9.17, 15) is 14.4 Å². The smallest absolute Gasteiger partial charge is 0.404 e. The third kappa shape index (κ3) is 4.22. The predicted octanol–water partition coefficient (Wildman–Crippen LogP) is 3.43. The molecule has 8 heteroatoms. The molecule has 0 radical (unpaired) electrons. The highest BCUT2D eigenvalue weighted by atomic mass is 16.5. The maximum Gasteiger partial charge on any atom is 0.404 e. The van der Waals surface area contributed by atoms with Crippen LogP contribution in [0.2, 0.25) is 0 Å². The van der Waals surface area contributed by atoms with Gasteiger partial charge < -0.3 is 15.2 Å². The fourth-order valence-corrected chi connectivity index (χ4v) is 4.72. The molecule has 2 N–H and O–H groups in total. The van der Waals surface area contributed by atoms with E-state index in [1.807, 2.05) is 0 Å². The molecule has 3 rings (SSSR count). The van der Waals surface area contributed by atoms with Crippen molar-refractivity contribution in [3.8, 4) is 5.75 Å². The number of aromatic nitrogens is 2. The van der Waals surface area contributed by atoms with Gasteiger partial charge in [0.1, 0.15) is 5.75 Å². The Morgan fingerprint density at radius 1 is 1.27 bits per heavy atom. The lowest BCUT2D eigenvalue weighted by Gasteiger charge is -2.36. The first-order valence-electron chi connectivity index (χ1n) is 10.5. The van der Waals surface area contributed by atoms with Crippen LogP contribution < -0.4 is 15.7 Å². The summed E-state index contributed by atoms with van der Waals surface area (Å²) < 4.78 is 8.02. The van der Waals surface area contributed by atoms with Crippen LogP contribution in [0.3, 0.4) is 0 Å². The summed E-state index contributed by atoms with van der Waals surface area (Å²) in [6.45, 7) is 6.62. The molecule has 0 aliphatic heterocycles. The van der Waals surface area contributed by atoms with E-state index < -0.39 is 11.8 Å². The van der Waals surface area contributed by atoms with Crippen LogP contribution in [0.25, 0.3) is 11.0 Å². The van der Waals surface area contributed by atoms with Gasteiger partial charge in [-0.2, -0.15) is 0 Å². The van der Waals surface area contributed by atoms with Crippen molar-refractivity contribution in [3.05, 3.63) is 28.7 Å². The van der Waals surface area contributed by atoms with Crippen molar-refractivity contribution >= 4 is 23.0 Å². The molecular weight excluding hydrogens is 386 g/mol. The highest BCUT2D eigenvalue weighted by Crippen LogP contribution is 2.39. The van der Waals surface area contributed by atoms with Gasteiger partial charge in [-0.05, 0) is 42.7 Å². The Balaban J connectivity index is 2.08. The molecule has 164 valence electrons. The number of amides is 1. The summed E-state index contributed by atoms with van der Waals surface area (Å²) in [5.41, 5.74) is 0.655. The van der Waals surface area contributed by atoms with Crippen LogP contribution in [0.1, 0.15) is 44.8 Å². The molecule has 0 bridgehead atoms. The molecule has 1 aliphatic carbocycles. The lowest BCUT2D eigenvalue weighted by Crippen LogP contribution is -2.40. The van der Waals surface area contributed by atoms with Gasteiger partial charge in [0.25, 0.3) is 0 Å². The van der Waals surface area contributed by atoms with Gasteiger partial charge in [-0.15, -0.1) is 0 Å². The predicted molar refractivity (Wildman–Crippen MR) is 114 cm³/mol. The molecule has 1 heterocycles. The highest BCUT2D eigenvalue weighted by molar-refractivity contribution is 5.92. The molecule has 1 amide bonds. The topological polar surface area (TPSA) is 103 Å². The second-order valence-corrected chi connectivity index (χ2v) is 8.63. The zero-order valence-corrected chi connectivity index (χ0v) is 18.1. The van der Waals surface area contributed by atoms with Crippen LogP contribution >= 0.6 is 0 Å². The van der Waals surface area contributed by atoms with Crippen molar-refractivity contribution in [3.63, 3.8) is 0 Å². The second kappa shape index (κ2) is 8.93. The molecule has 1 aromatic carbocycles. The van der Waals surface area contributed by atoms with Crippen molar-refractivity contribution < 1.29 is 19.4 Å². The number of carbonyl (C=O) groups excluding carboxylic acids is 1. The van der Waals surface area contributed by atoms with E-state index in [1.54, 1.807) is 18.2 Å². The lowest BCUT2D eigenvalue weighted by molar-refractivity contribution is 0.0633. The van der Waals surface area contributed by atoms with Gasteiger partial charge in [-0.1, -0.05) is 27.2 Å². The summed E-state index contributed by atoms with van der Waals surface area (Å²) in [6, 6.07) is 5.17. The summed E-state index contributed by atoms with van der Waals surface area (Å²) in [7, 11) is 1.54. The number of carbonyl (C=O) groups is 2. The van der Waals surface area contributed by atoms with Crippen molar-refractivity contribution in [2.24, 2.45) is 23.7 Å². The van der Waals surface area contributed by atoms with Gasteiger partial charge in [0.15, 0.2) is 0 Å². The number of imidazole rings is 1. The number of hydrogen-bond acceptors (Lipinski definition) is 4. The summed E-state index contributed by atoms with van der Waals surface area (Å²) in [6.07, 6.45) is 1.70. The molecule has 2 aromatic rings. The standard InChI is InChI=1S/C22H31N3O5/c1-13(2)16-7-5-14(3)11-17(16)20(26)25-18-8-6-15(30-4)12-19(18)24(22(25)29)10-9-23-21(27)28/h6,8,12-14,16-17,23H,5,7,9-11H2,1-4H3,(H,27,28). The van der Waals surface area contributed by atoms with Crippen molar-refractivity contribution in [1.82, 2.24) is 14.5 Å². The average molecular weight is 418 g/mol. The van der Waals surface area contributed by atoms with Crippen molar-refractivity contribution in [1.29, 1.82) is 0 Å². The second-order valence-electron chi connectivity index (χ2n) is 8.63. The van der Waals surface area contributed by atoms with Crippen LogP contribution in [0.15, 0.2) is 23.0 Å². The van der Waals surface area contributed by atoms with Crippen LogP contribution in [0.5, 0.6) is 5.75 Å². The molecule has 1 fully saturated rings. The largest absolute Gasteiger partial charge is 0.497 e. The Kier molecular flexibility index (Phi) is 6.53.